The fourth-order valence-electron chi connectivity index (χ4n) is 1.64. The van der Waals surface area contributed by atoms with Gasteiger partial charge in [-0.2, -0.15) is 0 Å². The molecule has 0 aliphatic carbocycles. The number of methoxy groups -OCH3 is 1. The maximum absolute atomic E-state index is 12.3. The monoisotopic (exact) mass is 377 g/mol. The van der Waals surface area contributed by atoms with Crippen LogP contribution in [0.15, 0.2) is 22.7 Å². The normalized spacial score (nSPS) is 11.3. The molecule has 1 aromatic rings. The van der Waals surface area contributed by atoms with E-state index in [9.17, 15) is 4.79 Å². The first-order valence-corrected chi connectivity index (χ1v) is 7.81. The van der Waals surface area contributed by atoms with Gasteiger partial charge < -0.3 is 14.4 Å². The summed E-state index contributed by atoms with van der Waals surface area (Å²) in [6.45, 7) is 6.76. The van der Waals surface area contributed by atoms with Crippen molar-refractivity contribution in [1.29, 1.82) is 0 Å². The Bertz CT molecular complexity index is 488. The van der Waals surface area contributed by atoms with Gasteiger partial charge in [0, 0.05) is 18.1 Å². The highest BCUT2D eigenvalue weighted by Gasteiger charge is 2.23. The largest absolute Gasteiger partial charge is 0.444 e. The molecule has 0 bridgehead atoms. The van der Waals surface area contributed by atoms with Crippen LogP contribution in [0.3, 0.4) is 0 Å². The Morgan fingerprint density at radius 2 is 2.05 bits per heavy atom. The van der Waals surface area contributed by atoms with Crippen molar-refractivity contribution in [2.75, 3.05) is 20.3 Å². The van der Waals surface area contributed by atoms with E-state index in [1.54, 1.807) is 12.0 Å². The molecule has 0 heterocycles. The molecule has 0 spiro atoms. The molecular formula is C15H21BrClNO3. The lowest BCUT2D eigenvalue weighted by Gasteiger charge is -2.27. The Labute approximate surface area is 139 Å². The molecule has 118 valence electrons. The highest BCUT2D eigenvalue weighted by atomic mass is 79.9. The van der Waals surface area contributed by atoms with Gasteiger partial charge in [-0.3, -0.25) is 0 Å². The SMILES string of the molecule is COCCN(Cc1cccc(Br)c1Cl)C(=O)OC(C)(C)C. The molecule has 0 N–H and O–H groups in total. The number of ether oxygens (including phenoxy) is 2. The third-order valence-electron chi connectivity index (χ3n) is 2.61. The first-order chi connectivity index (χ1) is 9.74. The van der Waals surface area contributed by atoms with Crippen LogP contribution in [0.4, 0.5) is 4.79 Å². The van der Waals surface area contributed by atoms with E-state index >= 15 is 0 Å². The van der Waals surface area contributed by atoms with Gasteiger partial charge in [0.1, 0.15) is 5.60 Å². The first-order valence-electron chi connectivity index (χ1n) is 6.64. The molecule has 21 heavy (non-hydrogen) atoms. The number of hydrogen-bond donors (Lipinski definition) is 0. The highest BCUT2D eigenvalue weighted by Crippen LogP contribution is 2.27. The van der Waals surface area contributed by atoms with Crippen molar-refractivity contribution < 1.29 is 14.3 Å². The topological polar surface area (TPSA) is 38.8 Å². The van der Waals surface area contributed by atoms with Gasteiger partial charge in [0.2, 0.25) is 0 Å². The molecule has 0 atom stereocenters. The van der Waals surface area contributed by atoms with Crippen LogP contribution >= 0.6 is 27.5 Å². The maximum atomic E-state index is 12.3. The predicted molar refractivity (Wildman–Crippen MR) is 87.7 cm³/mol. The van der Waals surface area contributed by atoms with Gasteiger partial charge in [-0.15, -0.1) is 0 Å². The first kappa shape index (κ1) is 18.3. The summed E-state index contributed by atoms with van der Waals surface area (Å²) in [4.78, 5) is 13.8. The molecule has 1 aromatic carbocycles. The van der Waals surface area contributed by atoms with Gasteiger partial charge in [0.05, 0.1) is 18.2 Å². The van der Waals surface area contributed by atoms with Crippen LogP contribution in [0.25, 0.3) is 0 Å². The number of nitrogens with zero attached hydrogens (tertiary/aromatic N) is 1. The fourth-order valence-corrected chi connectivity index (χ4v) is 2.23. The molecule has 0 saturated carbocycles. The minimum Gasteiger partial charge on any atom is -0.444 e. The van der Waals surface area contributed by atoms with Crippen LogP contribution in [0.2, 0.25) is 5.02 Å². The second kappa shape index (κ2) is 8.01. The minimum absolute atomic E-state index is 0.372. The number of amides is 1. The molecule has 1 amide bonds. The Kier molecular flexibility index (Phi) is 6.97. The number of carbonyl (C=O) groups is 1. The van der Waals surface area contributed by atoms with Crippen LogP contribution in [-0.2, 0) is 16.0 Å². The summed E-state index contributed by atoms with van der Waals surface area (Å²) in [7, 11) is 1.60. The average Bonchev–Trinajstić information content (AvgIpc) is 2.37. The van der Waals surface area contributed by atoms with Gasteiger partial charge in [-0.25, -0.2) is 4.79 Å². The molecular weight excluding hydrogens is 358 g/mol. The summed E-state index contributed by atoms with van der Waals surface area (Å²) >= 11 is 9.64. The predicted octanol–water partition coefficient (Wildman–Crippen LogP) is 4.49. The quantitative estimate of drug-likeness (QED) is 0.758. The van der Waals surface area contributed by atoms with E-state index in [1.807, 2.05) is 39.0 Å². The molecule has 0 aliphatic rings. The number of hydrogen-bond acceptors (Lipinski definition) is 3. The molecule has 6 heteroatoms. The van der Waals surface area contributed by atoms with Gasteiger partial charge in [-0.05, 0) is 48.3 Å². The molecule has 0 aliphatic heterocycles. The zero-order valence-electron chi connectivity index (χ0n) is 12.8. The second-order valence-corrected chi connectivity index (χ2v) is 6.84. The third kappa shape index (κ3) is 6.24. The van der Waals surface area contributed by atoms with Gasteiger partial charge in [0.15, 0.2) is 0 Å². The highest BCUT2D eigenvalue weighted by molar-refractivity contribution is 9.10. The lowest BCUT2D eigenvalue weighted by Crippen LogP contribution is -2.38. The second-order valence-electron chi connectivity index (χ2n) is 5.61. The zero-order chi connectivity index (χ0) is 16.0. The zero-order valence-corrected chi connectivity index (χ0v) is 15.1. The van der Waals surface area contributed by atoms with Crippen molar-refractivity contribution >= 4 is 33.6 Å². The third-order valence-corrected chi connectivity index (χ3v) is 3.95. The summed E-state index contributed by atoms with van der Waals surface area (Å²) in [5.74, 6) is 0. The summed E-state index contributed by atoms with van der Waals surface area (Å²) in [6.07, 6.45) is -0.379. The molecule has 1 rings (SSSR count). The minimum atomic E-state index is -0.538. The molecule has 0 fully saturated rings. The average molecular weight is 379 g/mol. The van der Waals surface area contributed by atoms with E-state index in [2.05, 4.69) is 15.9 Å². The van der Waals surface area contributed by atoms with Crippen molar-refractivity contribution in [3.8, 4) is 0 Å². The van der Waals surface area contributed by atoms with Gasteiger partial charge >= 0.3 is 6.09 Å². The van der Waals surface area contributed by atoms with E-state index in [0.717, 1.165) is 10.0 Å². The lowest BCUT2D eigenvalue weighted by atomic mass is 10.2. The summed E-state index contributed by atoms with van der Waals surface area (Å²) in [6, 6.07) is 5.63. The molecule has 0 saturated heterocycles. The Balaban J connectivity index is 2.87. The van der Waals surface area contributed by atoms with Crippen LogP contribution < -0.4 is 0 Å². The molecule has 0 radical (unpaired) electrons. The van der Waals surface area contributed by atoms with Crippen LogP contribution in [0.5, 0.6) is 0 Å². The molecule has 0 aromatic heterocycles. The molecule has 0 unspecified atom stereocenters. The van der Waals surface area contributed by atoms with Gasteiger partial charge in [0.25, 0.3) is 0 Å². The van der Waals surface area contributed by atoms with Crippen molar-refractivity contribution in [2.24, 2.45) is 0 Å². The van der Waals surface area contributed by atoms with E-state index in [1.165, 1.54) is 0 Å². The Hall–Kier alpha value is -0.780. The fraction of sp³-hybridized carbons (Fsp3) is 0.533. The van der Waals surface area contributed by atoms with Gasteiger partial charge in [-0.1, -0.05) is 23.7 Å². The maximum Gasteiger partial charge on any atom is 0.410 e. The van der Waals surface area contributed by atoms with Crippen LogP contribution in [0, 0.1) is 0 Å². The summed E-state index contributed by atoms with van der Waals surface area (Å²) < 4.78 is 11.3. The number of rotatable bonds is 5. The van der Waals surface area contributed by atoms with E-state index in [-0.39, 0.29) is 6.09 Å². The van der Waals surface area contributed by atoms with Crippen molar-refractivity contribution in [1.82, 2.24) is 4.90 Å². The van der Waals surface area contributed by atoms with Crippen LogP contribution in [-0.4, -0.2) is 36.9 Å². The molecule has 4 nitrogen and oxygen atoms in total. The van der Waals surface area contributed by atoms with Crippen molar-refractivity contribution in [3.63, 3.8) is 0 Å². The Morgan fingerprint density at radius 1 is 1.38 bits per heavy atom. The van der Waals surface area contributed by atoms with E-state index in [4.69, 9.17) is 21.1 Å². The Morgan fingerprint density at radius 3 is 2.62 bits per heavy atom. The number of halogens is 2. The summed E-state index contributed by atoms with van der Waals surface area (Å²) in [5, 5.41) is 0.600. The van der Waals surface area contributed by atoms with E-state index in [0.29, 0.717) is 24.7 Å². The van der Waals surface area contributed by atoms with Crippen LogP contribution in [0.1, 0.15) is 26.3 Å². The number of benzene rings is 1. The van der Waals surface area contributed by atoms with E-state index < -0.39 is 5.60 Å². The van der Waals surface area contributed by atoms with Crippen molar-refractivity contribution in [2.45, 2.75) is 32.9 Å². The lowest BCUT2D eigenvalue weighted by molar-refractivity contribution is 0.0184. The summed E-state index contributed by atoms with van der Waals surface area (Å²) in [5.41, 5.74) is 0.316. The number of carbonyl (C=O) groups excluding carboxylic acids is 1. The standard InChI is InChI=1S/C15H21BrClNO3/c1-15(2,3)21-14(19)18(8-9-20-4)10-11-6-5-7-12(16)13(11)17/h5-7H,8-10H2,1-4H3. The smallest absolute Gasteiger partial charge is 0.410 e. The van der Waals surface area contributed by atoms with Crippen molar-refractivity contribution in [3.05, 3.63) is 33.3 Å².